The Bertz CT molecular complexity index is 616. The molecule has 1 aromatic heterocycles. The molecule has 1 aliphatic carbocycles. The molecule has 21 heavy (non-hydrogen) atoms. The van der Waals surface area contributed by atoms with Crippen molar-refractivity contribution in [3.63, 3.8) is 0 Å². The summed E-state index contributed by atoms with van der Waals surface area (Å²) in [6, 6.07) is 8.22. The third kappa shape index (κ3) is 4.01. The highest BCUT2D eigenvalue weighted by atomic mass is 35.5. The Morgan fingerprint density at radius 3 is 2.48 bits per heavy atom. The van der Waals surface area contributed by atoms with Gasteiger partial charge in [0.2, 0.25) is 0 Å². The lowest BCUT2D eigenvalue weighted by atomic mass is 10.0. The molecule has 3 nitrogen and oxygen atoms in total. The van der Waals surface area contributed by atoms with E-state index in [0.29, 0.717) is 11.4 Å². The highest BCUT2D eigenvalue weighted by Crippen LogP contribution is 2.58. The molecule has 2 aromatic rings. The van der Waals surface area contributed by atoms with Crippen LogP contribution in [0, 0.1) is 12.3 Å². The number of imidazole rings is 1. The second-order valence-corrected chi connectivity index (χ2v) is 6.78. The fourth-order valence-electron chi connectivity index (χ4n) is 2.63. The zero-order chi connectivity index (χ0) is 15.6. The summed E-state index contributed by atoms with van der Waals surface area (Å²) >= 11 is 5.91. The number of nitrogens with zero attached hydrogens (tertiary/aromatic N) is 1. The SMILES string of the molecule is CC1(C)C[C@H]1c1cccc(Cl)c1.CCc1nc(N)[nH]c1C. The van der Waals surface area contributed by atoms with Gasteiger partial charge in [-0.2, -0.15) is 0 Å². The van der Waals surface area contributed by atoms with Crippen molar-refractivity contribution in [2.75, 3.05) is 5.73 Å². The maximum atomic E-state index is 5.91. The van der Waals surface area contributed by atoms with Gasteiger partial charge in [-0.25, -0.2) is 4.98 Å². The lowest BCUT2D eigenvalue weighted by Gasteiger charge is -2.03. The number of hydrogen-bond acceptors (Lipinski definition) is 2. The van der Waals surface area contributed by atoms with Gasteiger partial charge in [0, 0.05) is 10.7 Å². The normalized spacial score (nSPS) is 18.8. The summed E-state index contributed by atoms with van der Waals surface area (Å²) in [5.74, 6) is 1.25. The predicted molar refractivity (Wildman–Crippen MR) is 89.7 cm³/mol. The number of nitrogen functional groups attached to an aromatic ring is 1. The number of aryl methyl sites for hydroxylation is 2. The molecule has 0 spiro atoms. The number of halogens is 1. The Morgan fingerprint density at radius 2 is 2.10 bits per heavy atom. The highest BCUT2D eigenvalue weighted by Gasteiger charge is 2.46. The van der Waals surface area contributed by atoms with E-state index in [9.17, 15) is 0 Å². The molecule has 3 rings (SSSR count). The van der Waals surface area contributed by atoms with Crippen LogP contribution >= 0.6 is 11.6 Å². The smallest absolute Gasteiger partial charge is 0.197 e. The molecule has 1 heterocycles. The van der Waals surface area contributed by atoms with Crippen LogP contribution in [0.3, 0.4) is 0 Å². The van der Waals surface area contributed by atoms with Crippen molar-refractivity contribution in [3.8, 4) is 0 Å². The summed E-state index contributed by atoms with van der Waals surface area (Å²) in [7, 11) is 0. The fourth-order valence-corrected chi connectivity index (χ4v) is 2.82. The topological polar surface area (TPSA) is 54.7 Å². The van der Waals surface area contributed by atoms with Crippen LogP contribution in [0.2, 0.25) is 5.02 Å². The zero-order valence-corrected chi connectivity index (χ0v) is 14.0. The Labute approximate surface area is 131 Å². The minimum absolute atomic E-state index is 0.505. The first-order chi connectivity index (χ1) is 9.83. The minimum Gasteiger partial charge on any atom is -0.369 e. The molecule has 1 fully saturated rings. The summed E-state index contributed by atoms with van der Waals surface area (Å²) in [5, 5.41) is 0.857. The van der Waals surface area contributed by atoms with Crippen molar-refractivity contribution >= 4 is 17.5 Å². The molecule has 1 aromatic carbocycles. The standard InChI is InChI=1S/C11H13Cl.C6H11N3/c1-11(2)7-10(11)8-4-3-5-9(12)6-8;1-3-5-4(2)8-6(7)9-5/h3-6,10H,7H2,1-2H3;3H2,1-2H3,(H3,7,8,9)/t10-;/m0./s1. The number of nitrogens with one attached hydrogen (secondary N) is 1. The third-order valence-electron chi connectivity index (χ3n) is 4.10. The van der Waals surface area contributed by atoms with Gasteiger partial charge in [-0.1, -0.05) is 44.5 Å². The van der Waals surface area contributed by atoms with Crippen LogP contribution in [0.4, 0.5) is 5.95 Å². The van der Waals surface area contributed by atoms with Crippen LogP contribution in [0.5, 0.6) is 0 Å². The zero-order valence-electron chi connectivity index (χ0n) is 13.2. The van der Waals surface area contributed by atoms with Crippen molar-refractivity contribution in [1.29, 1.82) is 0 Å². The fraction of sp³-hybridized carbons (Fsp3) is 0.471. The molecule has 114 valence electrons. The summed E-state index contributed by atoms with van der Waals surface area (Å²) in [5.41, 5.74) is 9.43. The molecule has 0 aliphatic heterocycles. The Morgan fingerprint density at radius 1 is 1.43 bits per heavy atom. The van der Waals surface area contributed by atoms with Gasteiger partial charge in [0.1, 0.15) is 0 Å². The van der Waals surface area contributed by atoms with Gasteiger partial charge in [0.15, 0.2) is 5.95 Å². The minimum atomic E-state index is 0.505. The van der Waals surface area contributed by atoms with E-state index in [0.717, 1.165) is 28.7 Å². The van der Waals surface area contributed by atoms with Crippen LogP contribution < -0.4 is 5.73 Å². The van der Waals surface area contributed by atoms with E-state index in [-0.39, 0.29) is 0 Å². The number of nitrogens with two attached hydrogens (primary N) is 1. The maximum Gasteiger partial charge on any atom is 0.197 e. The van der Waals surface area contributed by atoms with Crippen molar-refractivity contribution in [2.45, 2.75) is 46.5 Å². The van der Waals surface area contributed by atoms with E-state index in [1.807, 2.05) is 19.1 Å². The number of anilines is 1. The van der Waals surface area contributed by atoms with E-state index < -0.39 is 0 Å². The van der Waals surface area contributed by atoms with Gasteiger partial charge < -0.3 is 10.7 Å². The average molecular weight is 306 g/mol. The molecule has 0 unspecified atom stereocenters. The average Bonchev–Trinajstić information content (AvgIpc) is 2.92. The summed E-state index contributed by atoms with van der Waals surface area (Å²) in [6.45, 7) is 8.64. The van der Waals surface area contributed by atoms with E-state index in [1.165, 1.54) is 12.0 Å². The van der Waals surface area contributed by atoms with Crippen LogP contribution in [-0.4, -0.2) is 9.97 Å². The molecule has 1 saturated carbocycles. The molecule has 0 bridgehead atoms. The van der Waals surface area contributed by atoms with Crippen molar-refractivity contribution < 1.29 is 0 Å². The molecular weight excluding hydrogens is 282 g/mol. The Kier molecular flexibility index (Phi) is 4.62. The maximum absolute atomic E-state index is 5.91. The van der Waals surface area contributed by atoms with Crippen molar-refractivity contribution in [1.82, 2.24) is 9.97 Å². The first kappa shape index (κ1) is 15.9. The molecule has 0 saturated heterocycles. The van der Waals surface area contributed by atoms with E-state index in [1.54, 1.807) is 0 Å². The molecular formula is C17H24ClN3. The number of rotatable bonds is 2. The summed E-state index contributed by atoms with van der Waals surface area (Å²) in [6.07, 6.45) is 2.24. The van der Waals surface area contributed by atoms with Crippen molar-refractivity contribution in [2.24, 2.45) is 5.41 Å². The molecule has 3 N–H and O–H groups in total. The van der Waals surface area contributed by atoms with Gasteiger partial charge in [0.05, 0.1) is 5.69 Å². The van der Waals surface area contributed by atoms with Gasteiger partial charge in [-0.05, 0) is 48.8 Å². The van der Waals surface area contributed by atoms with E-state index in [4.69, 9.17) is 17.3 Å². The van der Waals surface area contributed by atoms with Gasteiger partial charge in [-0.15, -0.1) is 0 Å². The highest BCUT2D eigenvalue weighted by molar-refractivity contribution is 6.30. The number of H-pyrrole nitrogens is 1. The summed E-state index contributed by atoms with van der Waals surface area (Å²) < 4.78 is 0. The lowest BCUT2D eigenvalue weighted by molar-refractivity contribution is 0.622. The van der Waals surface area contributed by atoms with Gasteiger partial charge in [-0.3, -0.25) is 0 Å². The first-order valence-corrected chi connectivity index (χ1v) is 7.77. The number of aromatic nitrogens is 2. The van der Waals surface area contributed by atoms with Crippen LogP contribution in [0.1, 0.15) is 50.1 Å². The largest absolute Gasteiger partial charge is 0.369 e. The molecule has 1 aliphatic rings. The van der Waals surface area contributed by atoms with Crippen LogP contribution in [0.25, 0.3) is 0 Å². The lowest BCUT2D eigenvalue weighted by Crippen LogP contribution is -1.88. The van der Waals surface area contributed by atoms with Crippen LogP contribution in [0.15, 0.2) is 24.3 Å². The van der Waals surface area contributed by atoms with E-state index in [2.05, 4.69) is 42.9 Å². The number of benzene rings is 1. The van der Waals surface area contributed by atoms with Crippen LogP contribution in [-0.2, 0) is 6.42 Å². The monoisotopic (exact) mass is 305 g/mol. The third-order valence-corrected chi connectivity index (χ3v) is 4.34. The summed E-state index contributed by atoms with van der Waals surface area (Å²) in [4.78, 5) is 6.98. The Balaban J connectivity index is 0.000000161. The Hall–Kier alpha value is -1.48. The molecule has 0 amide bonds. The second-order valence-electron chi connectivity index (χ2n) is 6.35. The molecule has 4 heteroatoms. The molecule has 1 atom stereocenters. The van der Waals surface area contributed by atoms with Crippen molar-refractivity contribution in [3.05, 3.63) is 46.2 Å². The van der Waals surface area contributed by atoms with Gasteiger partial charge >= 0.3 is 0 Å². The molecule has 0 radical (unpaired) electrons. The second kappa shape index (κ2) is 6.10. The van der Waals surface area contributed by atoms with E-state index >= 15 is 0 Å². The van der Waals surface area contributed by atoms with Gasteiger partial charge in [0.25, 0.3) is 0 Å². The predicted octanol–water partition coefficient (Wildman–Crippen LogP) is 4.72. The first-order valence-electron chi connectivity index (χ1n) is 7.40. The quantitative estimate of drug-likeness (QED) is 0.843. The number of aromatic amines is 1. The number of hydrogen-bond donors (Lipinski definition) is 2.